The third-order valence-corrected chi connectivity index (χ3v) is 3.39. The second-order valence-electron chi connectivity index (χ2n) is 4.87. The molecule has 5 nitrogen and oxygen atoms in total. The third-order valence-electron chi connectivity index (χ3n) is 3.39. The first-order valence-corrected chi connectivity index (χ1v) is 6.75. The highest BCUT2D eigenvalue weighted by molar-refractivity contribution is 5.80. The summed E-state index contributed by atoms with van der Waals surface area (Å²) in [4.78, 5) is 18.5. The Morgan fingerprint density at radius 1 is 1.19 bits per heavy atom. The van der Waals surface area contributed by atoms with E-state index in [0.717, 1.165) is 27.8 Å². The maximum absolute atomic E-state index is 11.1. The lowest BCUT2D eigenvalue weighted by Gasteiger charge is -2.10. The van der Waals surface area contributed by atoms with E-state index in [0.29, 0.717) is 6.54 Å². The number of carbonyl (C=O) groups excluding carboxylic acids is 1. The van der Waals surface area contributed by atoms with E-state index < -0.39 is 0 Å². The molecule has 3 rings (SSSR count). The van der Waals surface area contributed by atoms with Gasteiger partial charge in [0.15, 0.2) is 0 Å². The van der Waals surface area contributed by atoms with Gasteiger partial charge in [0, 0.05) is 30.0 Å². The number of rotatable bonds is 5. The van der Waals surface area contributed by atoms with Crippen LogP contribution in [0.2, 0.25) is 0 Å². The second kappa shape index (κ2) is 5.66. The van der Waals surface area contributed by atoms with Gasteiger partial charge in [-0.15, -0.1) is 0 Å². The predicted octanol–water partition coefficient (Wildman–Crippen LogP) is 2.20. The number of aromatic amines is 1. The molecule has 0 fully saturated rings. The molecule has 0 aliphatic carbocycles. The molecule has 0 spiro atoms. The van der Waals surface area contributed by atoms with E-state index in [4.69, 9.17) is 5.73 Å². The molecule has 0 saturated carbocycles. The van der Waals surface area contributed by atoms with Gasteiger partial charge in [0.1, 0.15) is 5.65 Å². The number of primary amides is 1. The van der Waals surface area contributed by atoms with Crippen LogP contribution in [-0.2, 0) is 17.8 Å². The zero-order chi connectivity index (χ0) is 14.7. The molecule has 0 aliphatic rings. The number of pyridine rings is 1. The molecule has 0 aliphatic heterocycles. The fraction of sp³-hybridized carbons (Fsp3) is 0.125. The number of aromatic nitrogens is 2. The first kappa shape index (κ1) is 13.2. The van der Waals surface area contributed by atoms with Crippen LogP contribution in [0.15, 0.2) is 48.8 Å². The zero-order valence-electron chi connectivity index (χ0n) is 11.5. The third kappa shape index (κ3) is 2.86. The van der Waals surface area contributed by atoms with E-state index in [-0.39, 0.29) is 12.3 Å². The molecule has 5 heteroatoms. The van der Waals surface area contributed by atoms with Gasteiger partial charge in [0.2, 0.25) is 5.91 Å². The highest BCUT2D eigenvalue weighted by Gasteiger charge is 2.07. The number of hydrogen-bond donors (Lipinski definition) is 3. The molecule has 1 aromatic carbocycles. The van der Waals surface area contributed by atoms with Crippen molar-refractivity contribution in [2.24, 2.45) is 5.73 Å². The predicted molar refractivity (Wildman–Crippen MR) is 82.8 cm³/mol. The van der Waals surface area contributed by atoms with Crippen LogP contribution in [-0.4, -0.2) is 15.9 Å². The van der Waals surface area contributed by atoms with Gasteiger partial charge in [0.25, 0.3) is 0 Å². The number of fused-ring (bicyclic) bond motifs is 1. The van der Waals surface area contributed by atoms with Crippen molar-refractivity contribution in [1.29, 1.82) is 0 Å². The van der Waals surface area contributed by atoms with E-state index in [9.17, 15) is 4.79 Å². The molecule has 1 amide bonds. The van der Waals surface area contributed by atoms with Crippen molar-refractivity contribution in [3.63, 3.8) is 0 Å². The van der Waals surface area contributed by atoms with Crippen molar-refractivity contribution in [3.8, 4) is 0 Å². The summed E-state index contributed by atoms with van der Waals surface area (Å²) in [6.45, 7) is 0.654. The van der Waals surface area contributed by atoms with Gasteiger partial charge in [-0.05, 0) is 29.3 Å². The number of H-pyrrole nitrogens is 1. The van der Waals surface area contributed by atoms with E-state index in [1.54, 1.807) is 6.20 Å². The molecule has 3 aromatic rings. The summed E-state index contributed by atoms with van der Waals surface area (Å²) < 4.78 is 0. The number of nitrogens with two attached hydrogens (primary N) is 1. The number of hydrogen-bond acceptors (Lipinski definition) is 3. The maximum Gasteiger partial charge on any atom is 0.221 e. The lowest BCUT2D eigenvalue weighted by atomic mass is 10.1. The van der Waals surface area contributed by atoms with Gasteiger partial charge < -0.3 is 16.0 Å². The molecule has 0 atom stereocenters. The summed E-state index contributed by atoms with van der Waals surface area (Å²) in [6.07, 6.45) is 3.94. The van der Waals surface area contributed by atoms with Crippen molar-refractivity contribution < 1.29 is 4.79 Å². The SMILES string of the molecule is NC(=O)Cc1ccccc1NCc1c[nH]c2ncccc12. The van der Waals surface area contributed by atoms with Crippen molar-refractivity contribution in [3.05, 3.63) is 59.9 Å². The molecule has 0 saturated heterocycles. The molecular formula is C16H16N4O. The Bertz CT molecular complexity index is 779. The molecular weight excluding hydrogens is 264 g/mol. The minimum atomic E-state index is -0.333. The molecule has 0 radical (unpaired) electrons. The first-order chi connectivity index (χ1) is 10.2. The Hall–Kier alpha value is -2.82. The van der Waals surface area contributed by atoms with Crippen LogP contribution >= 0.6 is 0 Å². The van der Waals surface area contributed by atoms with E-state index in [1.165, 1.54) is 0 Å². The van der Waals surface area contributed by atoms with E-state index >= 15 is 0 Å². The first-order valence-electron chi connectivity index (χ1n) is 6.75. The normalized spacial score (nSPS) is 10.7. The summed E-state index contributed by atoms with van der Waals surface area (Å²) >= 11 is 0. The summed E-state index contributed by atoms with van der Waals surface area (Å²) in [6, 6.07) is 11.6. The summed E-state index contributed by atoms with van der Waals surface area (Å²) in [7, 11) is 0. The number of carbonyl (C=O) groups is 1. The van der Waals surface area contributed by atoms with Crippen LogP contribution in [0.4, 0.5) is 5.69 Å². The Kier molecular flexibility index (Phi) is 3.55. The average molecular weight is 280 g/mol. The van der Waals surface area contributed by atoms with Gasteiger partial charge >= 0.3 is 0 Å². The summed E-state index contributed by atoms with van der Waals surface area (Å²) in [5.41, 5.74) is 9.12. The monoisotopic (exact) mass is 280 g/mol. The van der Waals surface area contributed by atoms with Crippen LogP contribution in [0.25, 0.3) is 11.0 Å². The summed E-state index contributed by atoms with van der Waals surface area (Å²) in [5.74, 6) is -0.333. The van der Waals surface area contributed by atoms with Crippen LogP contribution in [0.5, 0.6) is 0 Å². The number of amides is 1. The van der Waals surface area contributed by atoms with Gasteiger partial charge in [-0.2, -0.15) is 0 Å². The van der Waals surface area contributed by atoms with Crippen molar-refractivity contribution >= 4 is 22.6 Å². The highest BCUT2D eigenvalue weighted by Crippen LogP contribution is 2.20. The standard InChI is InChI=1S/C16H16N4O/c17-15(21)8-11-4-1-2-6-14(11)19-9-12-10-20-16-13(12)5-3-7-18-16/h1-7,10,19H,8-9H2,(H2,17,21)(H,18,20). The number of nitrogens with one attached hydrogen (secondary N) is 2. The van der Waals surface area contributed by atoms with E-state index in [1.807, 2.05) is 42.6 Å². The lowest BCUT2D eigenvalue weighted by Crippen LogP contribution is -2.15. The fourth-order valence-electron chi connectivity index (χ4n) is 2.38. The number of anilines is 1. The Morgan fingerprint density at radius 3 is 2.90 bits per heavy atom. The van der Waals surface area contributed by atoms with Crippen molar-refractivity contribution in [1.82, 2.24) is 9.97 Å². The smallest absolute Gasteiger partial charge is 0.221 e. The fourth-order valence-corrected chi connectivity index (χ4v) is 2.38. The van der Waals surface area contributed by atoms with Gasteiger partial charge in [-0.1, -0.05) is 18.2 Å². The van der Waals surface area contributed by atoms with Crippen LogP contribution in [0, 0.1) is 0 Å². The largest absolute Gasteiger partial charge is 0.381 e. The Labute approximate surface area is 122 Å². The van der Waals surface area contributed by atoms with Gasteiger partial charge in [-0.25, -0.2) is 4.98 Å². The molecule has 2 heterocycles. The molecule has 0 bridgehead atoms. The molecule has 106 valence electrons. The Balaban J connectivity index is 1.80. The lowest BCUT2D eigenvalue weighted by molar-refractivity contribution is -0.117. The van der Waals surface area contributed by atoms with Crippen LogP contribution in [0.3, 0.4) is 0 Å². The summed E-state index contributed by atoms with van der Waals surface area (Å²) in [5, 5.41) is 4.45. The zero-order valence-corrected chi connectivity index (χ0v) is 11.5. The molecule has 0 unspecified atom stereocenters. The van der Waals surface area contributed by atoms with Crippen LogP contribution < -0.4 is 11.1 Å². The molecule has 21 heavy (non-hydrogen) atoms. The quantitative estimate of drug-likeness (QED) is 0.670. The highest BCUT2D eigenvalue weighted by atomic mass is 16.1. The minimum absolute atomic E-state index is 0.235. The van der Waals surface area contributed by atoms with Gasteiger partial charge in [0.05, 0.1) is 6.42 Å². The molecule has 2 aromatic heterocycles. The molecule has 4 N–H and O–H groups in total. The van der Waals surface area contributed by atoms with Crippen molar-refractivity contribution in [2.75, 3.05) is 5.32 Å². The topological polar surface area (TPSA) is 83.8 Å². The average Bonchev–Trinajstić information content (AvgIpc) is 2.89. The van der Waals surface area contributed by atoms with Crippen molar-refractivity contribution in [2.45, 2.75) is 13.0 Å². The number of para-hydroxylation sites is 1. The van der Waals surface area contributed by atoms with E-state index in [2.05, 4.69) is 15.3 Å². The Morgan fingerprint density at radius 2 is 2.05 bits per heavy atom. The second-order valence-corrected chi connectivity index (χ2v) is 4.87. The number of benzene rings is 1. The number of nitrogens with zero attached hydrogens (tertiary/aromatic N) is 1. The van der Waals surface area contributed by atoms with Gasteiger partial charge in [-0.3, -0.25) is 4.79 Å². The van der Waals surface area contributed by atoms with Crippen LogP contribution in [0.1, 0.15) is 11.1 Å². The minimum Gasteiger partial charge on any atom is -0.381 e. The maximum atomic E-state index is 11.1.